The molecule has 1 aliphatic heterocycles. The number of alkyl carbamates (subject to hydrolysis) is 1. The third-order valence-electron chi connectivity index (χ3n) is 11.4. The number of ether oxygens (including phenoxy) is 3. The normalized spacial score (nSPS) is 24.3. The molecule has 5 atom stereocenters. The summed E-state index contributed by atoms with van der Waals surface area (Å²) < 4.78 is 45.5. The zero-order chi connectivity index (χ0) is 40.4. The number of aromatic nitrogens is 1. The van der Waals surface area contributed by atoms with E-state index in [0.717, 1.165) is 61.5 Å². The van der Waals surface area contributed by atoms with E-state index < -0.39 is 74.1 Å². The smallest absolute Gasteiger partial charge is 0.408 e. The Morgan fingerprint density at radius 3 is 2.43 bits per heavy atom. The summed E-state index contributed by atoms with van der Waals surface area (Å²) >= 11 is 0. The van der Waals surface area contributed by atoms with Gasteiger partial charge in [0.25, 0.3) is 5.91 Å². The number of benzene rings is 1. The molecule has 306 valence electrons. The second kappa shape index (κ2) is 16.6. The summed E-state index contributed by atoms with van der Waals surface area (Å²) in [6, 6.07) is 5.32. The molecule has 3 N–H and O–H groups in total. The molecule has 4 aliphatic rings. The second-order valence-corrected chi connectivity index (χ2v) is 18.8. The number of likely N-dealkylation sites (tertiary alicyclic amines) is 1. The van der Waals surface area contributed by atoms with Crippen molar-refractivity contribution in [2.45, 2.75) is 140 Å². The topological polar surface area (TPSA) is 182 Å². The van der Waals surface area contributed by atoms with Crippen LogP contribution in [0.3, 0.4) is 0 Å². The molecule has 0 unspecified atom stereocenters. The summed E-state index contributed by atoms with van der Waals surface area (Å²) in [7, 11) is -2.31. The number of aryl methyl sites for hydroxylation is 1. The second-order valence-electron chi connectivity index (χ2n) is 16.9. The van der Waals surface area contributed by atoms with Crippen LogP contribution in [0, 0.1) is 11.3 Å². The van der Waals surface area contributed by atoms with Crippen molar-refractivity contribution in [1.82, 2.24) is 25.2 Å². The fourth-order valence-corrected chi connectivity index (χ4v) is 9.19. The highest BCUT2D eigenvalue weighted by Gasteiger charge is 2.62. The lowest BCUT2D eigenvalue weighted by Crippen LogP contribution is -2.60. The number of pyridine rings is 1. The Bertz CT molecular complexity index is 1940. The standard InChI is InChI=1S/C41H57N5O9S/c1-7-9-10-15-32-34(21-25-20-28(53-6)16-19-31(25)42-32)54-29-22-33(36(47)44-41(23-26(41)8-2)38(49)45-56(51,52)30-17-18-30)46(24-29)37(48)35(40(3,4)5)43-39(50)55-27-13-11-12-14-27/h8,16,19-21,26-27,29-30,33,35H,2,7,9-15,17-18,22-24H2,1,3-6H3,(H,43,50)(H,44,47)(H,45,49)/t26-,29-,33+,35-,41-/m1/s1. The Balaban J connectivity index is 1.30. The number of nitrogens with one attached hydrogen (secondary N) is 3. The number of sulfonamides is 1. The van der Waals surface area contributed by atoms with E-state index in [-0.39, 0.29) is 25.5 Å². The molecule has 2 heterocycles. The molecule has 6 rings (SSSR count). The van der Waals surface area contributed by atoms with Gasteiger partial charge in [0.05, 0.1) is 30.1 Å². The molecule has 0 spiro atoms. The molecule has 4 fully saturated rings. The largest absolute Gasteiger partial charge is 0.497 e. The summed E-state index contributed by atoms with van der Waals surface area (Å²) in [6.07, 6.45) is 8.08. The van der Waals surface area contributed by atoms with Crippen molar-refractivity contribution in [2.75, 3.05) is 13.7 Å². The van der Waals surface area contributed by atoms with E-state index in [2.05, 4.69) is 28.9 Å². The molecule has 4 amide bonds. The lowest BCUT2D eigenvalue weighted by Gasteiger charge is -2.35. The minimum atomic E-state index is -3.90. The highest BCUT2D eigenvalue weighted by molar-refractivity contribution is 7.91. The van der Waals surface area contributed by atoms with Crippen LogP contribution in [0.15, 0.2) is 36.9 Å². The van der Waals surface area contributed by atoms with Gasteiger partial charge in [0.1, 0.15) is 41.3 Å². The lowest BCUT2D eigenvalue weighted by molar-refractivity contribution is -0.143. The molecule has 2 aromatic rings. The van der Waals surface area contributed by atoms with E-state index in [9.17, 15) is 27.6 Å². The summed E-state index contributed by atoms with van der Waals surface area (Å²) in [6.45, 7) is 11.4. The Labute approximate surface area is 329 Å². The van der Waals surface area contributed by atoms with E-state index in [1.807, 2.05) is 45.0 Å². The molecule has 1 aromatic heterocycles. The quantitative estimate of drug-likeness (QED) is 0.153. The number of unbranched alkanes of at least 4 members (excludes halogenated alkanes) is 2. The van der Waals surface area contributed by atoms with Crippen LogP contribution >= 0.6 is 0 Å². The molecule has 1 aromatic carbocycles. The van der Waals surface area contributed by atoms with Gasteiger partial charge < -0.3 is 29.7 Å². The number of nitrogens with zero attached hydrogens (tertiary/aromatic N) is 2. The molecule has 3 saturated carbocycles. The number of carbonyl (C=O) groups excluding carboxylic acids is 4. The first-order chi connectivity index (χ1) is 26.6. The monoisotopic (exact) mass is 795 g/mol. The van der Waals surface area contributed by atoms with Gasteiger partial charge in [0, 0.05) is 17.7 Å². The average Bonchev–Trinajstić information content (AvgIpc) is 4.03. The van der Waals surface area contributed by atoms with Crippen LogP contribution in [0.2, 0.25) is 0 Å². The van der Waals surface area contributed by atoms with Crippen LogP contribution < -0.4 is 24.8 Å². The summed E-state index contributed by atoms with van der Waals surface area (Å²) in [4.78, 5) is 62.2. The van der Waals surface area contributed by atoms with E-state index in [1.54, 1.807) is 7.11 Å². The van der Waals surface area contributed by atoms with Crippen molar-refractivity contribution >= 4 is 44.7 Å². The molecule has 15 heteroatoms. The van der Waals surface area contributed by atoms with Gasteiger partial charge in [-0.25, -0.2) is 18.2 Å². The molecule has 56 heavy (non-hydrogen) atoms. The third kappa shape index (κ3) is 9.24. The van der Waals surface area contributed by atoms with Crippen molar-refractivity contribution in [3.05, 3.63) is 42.6 Å². The highest BCUT2D eigenvalue weighted by Crippen LogP contribution is 2.45. The Kier molecular flexibility index (Phi) is 12.2. The van der Waals surface area contributed by atoms with Crippen LogP contribution in [0.1, 0.15) is 104 Å². The minimum Gasteiger partial charge on any atom is -0.497 e. The zero-order valence-corrected chi connectivity index (χ0v) is 34.0. The number of hydrogen-bond acceptors (Lipinski definition) is 10. The molecule has 14 nitrogen and oxygen atoms in total. The van der Waals surface area contributed by atoms with Crippen molar-refractivity contribution in [3.63, 3.8) is 0 Å². The maximum absolute atomic E-state index is 14.7. The number of rotatable bonds is 16. The zero-order valence-electron chi connectivity index (χ0n) is 33.2. The van der Waals surface area contributed by atoms with Crippen LogP contribution in [-0.2, 0) is 35.6 Å². The highest BCUT2D eigenvalue weighted by atomic mass is 32.2. The first-order valence-corrected chi connectivity index (χ1v) is 21.6. The minimum absolute atomic E-state index is 0.00641. The first-order valence-electron chi connectivity index (χ1n) is 20.0. The Morgan fingerprint density at radius 1 is 1.07 bits per heavy atom. The third-order valence-corrected chi connectivity index (χ3v) is 13.2. The first kappa shape index (κ1) is 41.2. The number of fused-ring (bicyclic) bond motifs is 1. The van der Waals surface area contributed by atoms with E-state index in [1.165, 1.54) is 11.0 Å². The molecule has 1 saturated heterocycles. The Hall–Kier alpha value is -4.40. The van der Waals surface area contributed by atoms with Crippen molar-refractivity contribution < 1.29 is 41.8 Å². The van der Waals surface area contributed by atoms with E-state index >= 15 is 0 Å². The lowest BCUT2D eigenvalue weighted by atomic mass is 9.85. The molecular formula is C41H57N5O9S. The van der Waals surface area contributed by atoms with Crippen LogP contribution in [0.5, 0.6) is 11.5 Å². The fraction of sp³-hybridized carbons (Fsp3) is 0.634. The average molecular weight is 796 g/mol. The van der Waals surface area contributed by atoms with Crippen molar-refractivity contribution in [2.24, 2.45) is 11.3 Å². The van der Waals surface area contributed by atoms with Gasteiger partial charge in [-0.3, -0.25) is 19.1 Å². The molecular weight excluding hydrogens is 739 g/mol. The maximum Gasteiger partial charge on any atom is 0.408 e. The van der Waals surface area contributed by atoms with Gasteiger partial charge >= 0.3 is 6.09 Å². The van der Waals surface area contributed by atoms with Crippen molar-refractivity contribution in [1.29, 1.82) is 0 Å². The van der Waals surface area contributed by atoms with E-state index in [4.69, 9.17) is 19.2 Å². The molecule has 0 radical (unpaired) electrons. The van der Waals surface area contributed by atoms with Crippen LogP contribution in [0.4, 0.5) is 4.79 Å². The SMILES string of the molecule is C=C[C@@H]1C[C@]1(NC(=O)[C@@H]1C[C@@H](Oc2cc3cc(OC)ccc3nc2CCCCC)CN1C(=O)[C@@H](NC(=O)OC1CCCC1)C(C)(C)C)C(=O)NS(=O)(=O)C1CC1. The van der Waals surface area contributed by atoms with Gasteiger partial charge in [-0.05, 0) is 87.5 Å². The fourth-order valence-electron chi connectivity index (χ4n) is 7.82. The van der Waals surface area contributed by atoms with E-state index in [0.29, 0.717) is 30.8 Å². The number of amides is 4. The van der Waals surface area contributed by atoms with Crippen LogP contribution in [-0.4, -0.2) is 90.9 Å². The molecule has 0 bridgehead atoms. The van der Waals surface area contributed by atoms with Gasteiger partial charge in [-0.15, -0.1) is 6.58 Å². The Morgan fingerprint density at radius 2 is 1.80 bits per heavy atom. The number of methoxy groups -OCH3 is 1. The predicted octanol–water partition coefficient (Wildman–Crippen LogP) is 5.08. The summed E-state index contributed by atoms with van der Waals surface area (Å²) in [5.74, 6) is -1.31. The van der Waals surface area contributed by atoms with Gasteiger partial charge in [-0.2, -0.15) is 0 Å². The summed E-state index contributed by atoms with van der Waals surface area (Å²) in [5, 5.41) is 5.80. The number of carbonyl (C=O) groups is 4. The molecule has 3 aliphatic carbocycles. The predicted molar refractivity (Wildman–Crippen MR) is 210 cm³/mol. The van der Waals surface area contributed by atoms with Gasteiger partial charge in [0.15, 0.2) is 0 Å². The number of hydrogen-bond donors (Lipinski definition) is 3. The van der Waals surface area contributed by atoms with Crippen molar-refractivity contribution in [3.8, 4) is 11.5 Å². The summed E-state index contributed by atoms with van der Waals surface area (Å²) in [5.41, 5.74) is -0.802. The van der Waals surface area contributed by atoms with Gasteiger partial charge in [-0.1, -0.05) is 46.6 Å². The van der Waals surface area contributed by atoms with Crippen LogP contribution in [0.25, 0.3) is 10.9 Å². The maximum atomic E-state index is 14.7. The van der Waals surface area contributed by atoms with Gasteiger partial charge in [0.2, 0.25) is 21.8 Å².